The second-order valence-electron chi connectivity index (χ2n) is 2.25. The number of nitrogens with one attached hydrogen (secondary N) is 4. The van der Waals surface area contributed by atoms with Gasteiger partial charge in [0.25, 0.3) is 0 Å². The van der Waals surface area contributed by atoms with Gasteiger partial charge in [0.15, 0.2) is 0 Å². The van der Waals surface area contributed by atoms with Gasteiger partial charge in [0.2, 0.25) is 0 Å². The lowest BCUT2D eigenvalue weighted by molar-refractivity contribution is 0.662. The van der Waals surface area contributed by atoms with Gasteiger partial charge >= 0.3 is 0 Å². The van der Waals surface area contributed by atoms with Crippen LogP contribution in [0.5, 0.6) is 0 Å². The fraction of sp³-hybridized carbons (Fsp3) is 0.333. The summed E-state index contributed by atoms with van der Waals surface area (Å²) in [7, 11) is 0. The van der Waals surface area contributed by atoms with Crippen LogP contribution in [0.4, 0.5) is 0 Å². The van der Waals surface area contributed by atoms with Gasteiger partial charge in [-0.3, -0.25) is 0 Å². The van der Waals surface area contributed by atoms with Crippen LogP contribution in [0, 0.1) is 0 Å². The Balaban J connectivity index is 2.10. The minimum absolute atomic E-state index is 0.897. The quantitative estimate of drug-likeness (QED) is 0.374. The zero-order valence-corrected chi connectivity index (χ0v) is 5.57. The maximum atomic E-state index is 3.04. The van der Waals surface area contributed by atoms with E-state index in [2.05, 4.69) is 33.9 Å². The van der Waals surface area contributed by atoms with E-state index in [0.29, 0.717) is 0 Å². The van der Waals surface area contributed by atoms with Gasteiger partial charge in [-0.2, -0.15) is 0 Å². The average Bonchev–Trinajstić information content (AvgIpc) is 2.59. The number of hydrogen-bond acceptors (Lipinski definition) is 4. The van der Waals surface area contributed by atoms with E-state index in [9.17, 15) is 0 Å². The molecule has 0 saturated heterocycles. The van der Waals surface area contributed by atoms with E-state index in [0.717, 1.165) is 24.5 Å². The highest BCUT2D eigenvalue weighted by molar-refractivity contribution is 5.31. The molecule has 0 unspecified atom stereocenters. The molecule has 4 N–H and O–H groups in total. The maximum Gasteiger partial charge on any atom is 0.0703 e. The van der Waals surface area contributed by atoms with Gasteiger partial charge in [0, 0.05) is 13.1 Å². The fourth-order valence-corrected chi connectivity index (χ4v) is 1.06. The summed E-state index contributed by atoms with van der Waals surface area (Å²) < 4.78 is 0. The zero-order chi connectivity index (χ0) is 6.81. The summed E-state index contributed by atoms with van der Waals surface area (Å²) in [5.74, 6) is 0. The Kier molecular flexibility index (Phi) is 1.34. The normalized spacial score (nSPS) is 23.2. The van der Waals surface area contributed by atoms with E-state index in [-0.39, 0.29) is 0 Å². The topological polar surface area (TPSA) is 48.1 Å². The van der Waals surface area contributed by atoms with E-state index in [1.165, 1.54) is 0 Å². The number of hydrazine groups is 2. The van der Waals surface area contributed by atoms with Crippen LogP contribution in [0.3, 0.4) is 0 Å². The van der Waals surface area contributed by atoms with Gasteiger partial charge in [-0.25, -0.2) is 10.9 Å². The summed E-state index contributed by atoms with van der Waals surface area (Å²) in [6.07, 6.45) is 4.21. The van der Waals surface area contributed by atoms with Crippen LogP contribution < -0.4 is 21.7 Å². The molecule has 2 heterocycles. The lowest BCUT2D eigenvalue weighted by atomic mass is 10.3. The van der Waals surface area contributed by atoms with E-state index in [1.54, 1.807) is 0 Å². The maximum absolute atomic E-state index is 3.04. The van der Waals surface area contributed by atoms with Gasteiger partial charge in [-0.15, -0.1) is 0 Å². The third-order valence-corrected chi connectivity index (χ3v) is 1.55. The molecule has 2 rings (SSSR count). The Labute approximate surface area is 59.3 Å². The molecule has 0 bridgehead atoms. The molecule has 0 saturated carbocycles. The molecule has 0 fully saturated rings. The van der Waals surface area contributed by atoms with Crippen molar-refractivity contribution in [1.82, 2.24) is 21.7 Å². The lowest BCUT2D eigenvalue weighted by Gasteiger charge is -2.05. The number of rotatable bonds is 1. The van der Waals surface area contributed by atoms with Gasteiger partial charge in [0.1, 0.15) is 0 Å². The summed E-state index contributed by atoms with van der Waals surface area (Å²) in [5.41, 5.74) is 14.3. The first-order valence-corrected chi connectivity index (χ1v) is 3.35. The first-order valence-electron chi connectivity index (χ1n) is 3.35. The summed E-state index contributed by atoms with van der Waals surface area (Å²) in [5, 5.41) is 0. The zero-order valence-electron chi connectivity index (χ0n) is 5.57. The van der Waals surface area contributed by atoms with E-state index < -0.39 is 0 Å². The van der Waals surface area contributed by atoms with Gasteiger partial charge in [-0.1, -0.05) is 0 Å². The van der Waals surface area contributed by atoms with Crippen molar-refractivity contribution in [2.75, 3.05) is 13.1 Å². The van der Waals surface area contributed by atoms with Crippen LogP contribution in [-0.4, -0.2) is 13.1 Å². The average molecular weight is 138 g/mol. The highest BCUT2D eigenvalue weighted by Crippen LogP contribution is 2.05. The highest BCUT2D eigenvalue weighted by atomic mass is 15.4. The Hall–Kier alpha value is -1.00. The minimum atomic E-state index is 0.897. The second kappa shape index (κ2) is 2.32. The molecule has 0 spiro atoms. The molecule has 0 radical (unpaired) electrons. The minimum Gasteiger partial charge on any atom is -0.319 e. The molecule has 2 aliphatic heterocycles. The molecule has 0 aromatic heterocycles. The Morgan fingerprint density at radius 1 is 0.900 bits per heavy atom. The molecule has 4 heteroatoms. The monoisotopic (exact) mass is 138 g/mol. The third kappa shape index (κ3) is 0.872. The van der Waals surface area contributed by atoms with Gasteiger partial charge in [0.05, 0.1) is 11.4 Å². The standard InChI is InChI=1S/C6H10N4/c1-3-7-9-5(1)6-2-4-8-10-6/h1-2,7-10H,3-4H2. The first-order chi connectivity index (χ1) is 4.97. The van der Waals surface area contributed by atoms with Crippen LogP contribution >= 0.6 is 0 Å². The van der Waals surface area contributed by atoms with Crippen molar-refractivity contribution < 1.29 is 0 Å². The van der Waals surface area contributed by atoms with Crippen LogP contribution in [0.2, 0.25) is 0 Å². The SMILES string of the molecule is C1=C(C2=CCNN2)NNC1. The molecule has 10 heavy (non-hydrogen) atoms. The van der Waals surface area contributed by atoms with Gasteiger partial charge < -0.3 is 10.9 Å². The van der Waals surface area contributed by atoms with Crippen molar-refractivity contribution in [3.63, 3.8) is 0 Å². The fourth-order valence-electron chi connectivity index (χ4n) is 1.06. The highest BCUT2D eigenvalue weighted by Gasteiger charge is 2.10. The summed E-state index contributed by atoms with van der Waals surface area (Å²) >= 11 is 0. The smallest absolute Gasteiger partial charge is 0.0703 e. The summed E-state index contributed by atoms with van der Waals surface area (Å²) in [6.45, 7) is 1.79. The van der Waals surface area contributed by atoms with Crippen LogP contribution in [0.15, 0.2) is 23.5 Å². The predicted molar refractivity (Wildman–Crippen MR) is 38.4 cm³/mol. The van der Waals surface area contributed by atoms with E-state index >= 15 is 0 Å². The predicted octanol–water partition coefficient (Wildman–Crippen LogP) is -1.03. The summed E-state index contributed by atoms with van der Waals surface area (Å²) in [4.78, 5) is 0. The number of hydrogen-bond donors (Lipinski definition) is 4. The molecule has 4 nitrogen and oxygen atoms in total. The van der Waals surface area contributed by atoms with E-state index in [4.69, 9.17) is 0 Å². The molecule has 0 atom stereocenters. The van der Waals surface area contributed by atoms with E-state index in [1.807, 2.05) is 0 Å². The molecule has 0 aromatic carbocycles. The Bertz CT molecular complexity index is 172. The molecule has 0 amide bonds. The van der Waals surface area contributed by atoms with Crippen molar-refractivity contribution in [3.05, 3.63) is 23.5 Å². The Morgan fingerprint density at radius 3 is 1.70 bits per heavy atom. The van der Waals surface area contributed by atoms with Crippen LogP contribution in [-0.2, 0) is 0 Å². The molecular formula is C6H10N4. The lowest BCUT2D eigenvalue weighted by Crippen LogP contribution is -2.30. The first kappa shape index (κ1) is 5.76. The van der Waals surface area contributed by atoms with Crippen LogP contribution in [0.25, 0.3) is 0 Å². The van der Waals surface area contributed by atoms with Crippen LogP contribution in [0.1, 0.15) is 0 Å². The molecule has 54 valence electrons. The van der Waals surface area contributed by atoms with Crippen molar-refractivity contribution in [1.29, 1.82) is 0 Å². The second-order valence-corrected chi connectivity index (χ2v) is 2.25. The molecular weight excluding hydrogens is 128 g/mol. The van der Waals surface area contributed by atoms with Crippen molar-refractivity contribution >= 4 is 0 Å². The van der Waals surface area contributed by atoms with Gasteiger partial charge in [-0.05, 0) is 12.2 Å². The Morgan fingerprint density at radius 2 is 1.40 bits per heavy atom. The van der Waals surface area contributed by atoms with Crippen molar-refractivity contribution in [2.24, 2.45) is 0 Å². The van der Waals surface area contributed by atoms with Crippen molar-refractivity contribution in [2.45, 2.75) is 0 Å². The molecule has 0 aliphatic carbocycles. The molecule has 0 aromatic rings. The largest absolute Gasteiger partial charge is 0.319 e. The summed E-state index contributed by atoms with van der Waals surface area (Å²) in [6, 6.07) is 0. The third-order valence-electron chi connectivity index (χ3n) is 1.55. The molecule has 2 aliphatic rings. The van der Waals surface area contributed by atoms with Crippen molar-refractivity contribution in [3.8, 4) is 0 Å².